The first-order valence-corrected chi connectivity index (χ1v) is 11.3. The molecule has 1 saturated heterocycles. The van der Waals surface area contributed by atoms with E-state index in [1.165, 1.54) is 11.1 Å². The van der Waals surface area contributed by atoms with Gasteiger partial charge in [0.2, 0.25) is 0 Å². The summed E-state index contributed by atoms with van der Waals surface area (Å²) in [5.74, 6) is 0. The summed E-state index contributed by atoms with van der Waals surface area (Å²) >= 11 is 0. The van der Waals surface area contributed by atoms with Crippen LogP contribution in [0.5, 0.6) is 0 Å². The van der Waals surface area contributed by atoms with Crippen molar-refractivity contribution in [2.24, 2.45) is 0 Å². The van der Waals surface area contributed by atoms with Crippen LogP contribution in [0.2, 0.25) is 0 Å². The Morgan fingerprint density at radius 3 is 2.53 bits per heavy atom. The quantitative estimate of drug-likeness (QED) is 0.436. The number of carbonyl (C=O) groups excluding carboxylic acids is 1. The number of carbonyl (C=O) groups is 1. The van der Waals surface area contributed by atoms with Gasteiger partial charge in [-0.1, -0.05) is 42.0 Å². The van der Waals surface area contributed by atoms with Crippen LogP contribution >= 0.6 is 0 Å². The van der Waals surface area contributed by atoms with Crippen LogP contribution in [0.1, 0.15) is 64.9 Å². The van der Waals surface area contributed by atoms with Gasteiger partial charge >= 0.3 is 6.09 Å². The van der Waals surface area contributed by atoms with Gasteiger partial charge in [0.15, 0.2) is 0 Å². The molecule has 0 unspecified atom stereocenters. The molecule has 1 aromatic carbocycles. The molecule has 5 nitrogen and oxygen atoms in total. The number of hydrogen-bond donors (Lipinski definition) is 0. The smallest absolute Gasteiger partial charge is 0.410 e. The molecular weight excluding hydrogens is 378 g/mol. The van der Waals surface area contributed by atoms with E-state index in [9.17, 15) is 4.79 Å². The lowest BCUT2D eigenvalue weighted by Crippen LogP contribution is -2.37. The fourth-order valence-electron chi connectivity index (χ4n) is 3.80. The van der Waals surface area contributed by atoms with Crippen molar-refractivity contribution in [3.63, 3.8) is 0 Å². The highest BCUT2D eigenvalue weighted by atomic mass is 16.6. The van der Waals surface area contributed by atoms with Gasteiger partial charge in [-0.15, -0.1) is 0 Å². The van der Waals surface area contributed by atoms with E-state index in [0.29, 0.717) is 18.8 Å². The molecule has 166 valence electrons. The summed E-state index contributed by atoms with van der Waals surface area (Å²) < 4.78 is 17.4. The van der Waals surface area contributed by atoms with Crippen LogP contribution in [0.15, 0.2) is 42.0 Å². The van der Waals surface area contributed by atoms with Crippen molar-refractivity contribution in [2.45, 2.75) is 83.7 Å². The molecule has 5 heteroatoms. The first-order chi connectivity index (χ1) is 14.4. The molecule has 30 heavy (non-hydrogen) atoms. The number of hydrogen-bond acceptors (Lipinski definition) is 4. The number of likely N-dealkylation sites (tertiary alicyclic amines) is 1. The highest BCUT2D eigenvalue weighted by molar-refractivity contribution is 5.68. The minimum Gasteiger partial charge on any atom is -0.444 e. The van der Waals surface area contributed by atoms with Crippen LogP contribution < -0.4 is 0 Å². The third-order valence-electron chi connectivity index (χ3n) is 5.56. The molecule has 1 aliphatic heterocycles. The van der Waals surface area contributed by atoms with Crippen molar-refractivity contribution in [1.82, 2.24) is 4.90 Å². The van der Waals surface area contributed by atoms with Crippen molar-refractivity contribution in [3.8, 4) is 0 Å². The molecule has 1 aliphatic carbocycles. The average Bonchev–Trinajstić information content (AvgIpc) is 2.91. The Morgan fingerprint density at radius 1 is 1.07 bits per heavy atom. The predicted molar refractivity (Wildman–Crippen MR) is 118 cm³/mol. The van der Waals surface area contributed by atoms with E-state index in [4.69, 9.17) is 14.2 Å². The molecule has 0 aromatic heterocycles. The molecule has 0 N–H and O–H groups in total. The van der Waals surface area contributed by atoms with Crippen LogP contribution in [0.3, 0.4) is 0 Å². The van der Waals surface area contributed by atoms with Gasteiger partial charge in [0.05, 0.1) is 25.4 Å². The van der Waals surface area contributed by atoms with E-state index < -0.39 is 5.60 Å². The second-order valence-electron chi connectivity index (χ2n) is 9.35. The molecular formula is C25H37NO4. The van der Waals surface area contributed by atoms with Crippen molar-refractivity contribution < 1.29 is 19.0 Å². The second kappa shape index (κ2) is 11.0. The molecule has 0 spiro atoms. The fraction of sp³-hybridized carbons (Fsp3) is 0.640. The first-order valence-electron chi connectivity index (χ1n) is 11.3. The Labute approximate surface area is 181 Å². The number of ether oxygens (including phenoxy) is 3. The normalized spacial score (nSPS) is 23.7. The average molecular weight is 416 g/mol. The van der Waals surface area contributed by atoms with Crippen molar-refractivity contribution in [3.05, 3.63) is 47.5 Å². The van der Waals surface area contributed by atoms with Gasteiger partial charge in [0.1, 0.15) is 5.60 Å². The summed E-state index contributed by atoms with van der Waals surface area (Å²) in [4.78, 5) is 14.1. The molecule has 1 aromatic rings. The lowest BCUT2D eigenvalue weighted by atomic mass is 9.92. The molecule has 3 rings (SSSR count). The SMILES string of the molecule is CC(C)(C)OC(=O)N1CCC/C(=C/CCO[C@H]2C[C@@H](OCc3ccccc3)C2)CC1. The largest absolute Gasteiger partial charge is 0.444 e. The summed E-state index contributed by atoms with van der Waals surface area (Å²) in [6.07, 6.45) is 8.68. The molecule has 1 heterocycles. The Bertz CT molecular complexity index is 689. The topological polar surface area (TPSA) is 48.0 Å². The van der Waals surface area contributed by atoms with Gasteiger partial charge in [0.25, 0.3) is 0 Å². The number of amides is 1. The van der Waals surface area contributed by atoms with E-state index in [1.54, 1.807) is 0 Å². The van der Waals surface area contributed by atoms with Gasteiger partial charge in [-0.25, -0.2) is 4.79 Å². The van der Waals surface area contributed by atoms with Crippen LogP contribution in [-0.2, 0) is 20.8 Å². The van der Waals surface area contributed by atoms with Gasteiger partial charge < -0.3 is 19.1 Å². The maximum absolute atomic E-state index is 12.3. The third kappa shape index (κ3) is 7.77. The van der Waals surface area contributed by atoms with E-state index in [-0.39, 0.29) is 6.09 Å². The Balaban J connectivity index is 1.27. The summed E-state index contributed by atoms with van der Waals surface area (Å²) in [5.41, 5.74) is 2.22. The molecule has 2 aliphatic rings. The molecule has 2 fully saturated rings. The minimum absolute atomic E-state index is 0.193. The molecule has 1 saturated carbocycles. The van der Waals surface area contributed by atoms with Gasteiger partial charge in [0, 0.05) is 13.1 Å². The summed E-state index contributed by atoms with van der Waals surface area (Å²) in [6.45, 7) is 8.69. The van der Waals surface area contributed by atoms with Gasteiger partial charge in [-0.05, 0) is 64.9 Å². The monoisotopic (exact) mass is 415 g/mol. The van der Waals surface area contributed by atoms with Crippen LogP contribution in [0.25, 0.3) is 0 Å². The number of benzene rings is 1. The summed E-state index contributed by atoms with van der Waals surface area (Å²) in [7, 11) is 0. The highest BCUT2D eigenvalue weighted by Gasteiger charge is 2.30. The maximum Gasteiger partial charge on any atom is 0.410 e. The third-order valence-corrected chi connectivity index (χ3v) is 5.56. The van der Waals surface area contributed by atoms with Crippen molar-refractivity contribution >= 4 is 6.09 Å². The molecule has 1 amide bonds. The highest BCUT2D eigenvalue weighted by Crippen LogP contribution is 2.27. The zero-order valence-electron chi connectivity index (χ0n) is 18.8. The molecule has 0 radical (unpaired) electrons. The van der Waals surface area contributed by atoms with E-state index in [1.807, 2.05) is 43.9 Å². The van der Waals surface area contributed by atoms with Crippen molar-refractivity contribution in [2.75, 3.05) is 19.7 Å². The maximum atomic E-state index is 12.3. The Hall–Kier alpha value is -1.85. The first kappa shape index (κ1) is 22.8. The van der Waals surface area contributed by atoms with Crippen molar-refractivity contribution in [1.29, 1.82) is 0 Å². The van der Waals surface area contributed by atoms with E-state index >= 15 is 0 Å². The standard InChI is InChI=1S/C25H37NO4/c1-25(2,3)30-24(27)26-14-7-11-20(13-15-26)12-8-16-28-22-17-23(18-22)29-19-21-9-5-4-6-10-21/h4-6,9-10,12,22-23H,7-8,11,13-19H2,1-3H3/b20-12-/t22-,23+. The zero-order chi connectivity index (χ0) is 21.4. The summed E-state index contributed by atoms with van der Waals surface area (Å²) in [6, 6.07) is 10.3. The minimum atomic E-state index is -0.438. The van der Waals surface area contributed by atoms with Crippen LogP contribution in [0.4, 0.5) is 4.79 Å². The second-order valence-corrected chi connectivity index (χ2v) is 9.35. The zero-order valence-corrected chi connectivity index (χ0v) is 18.8. The lowest BCUT2D eigenvalue weighted by Gasteiger charge is -2.34. The van der Waals surface area contributed by atoms with Gasteiger partial charge in [-0.2, -0.15) is 0 Å². The van der Waals surface area contributed by atoms with E-state index in [0.717, 1.165) is 58.2 Å². The van der Waals surface area contributed by atoms with Crippen LogP contribution in [0, 0.1) is 0 Å². The van der Waals surface area contributed by atoms with Crippen LogP contribution in [-0.4, -0.2) is 48.5 Å². The fourth-order valence-corrected chi connectivity index (χ4v) is 3.80. The molecule has 0 bridgehead atoms. The predicted octanol–water partition coefficient (Wildman–Crippen LogP) is 5.49. The van der Waals surface area contributed by atoms with E-state index in [2.05, 4.69) is 18.2 Å². The molecule has 0 atom stereocenters. The van der Waals surface area contributed by atoms with Gasteiger partial charge in [-0.3, -0.25) is 0 Å². The number of nitrogens with zero attached hydrogens (tertiary/aromatic N) is 1. The number of rotatable bonds is 7. The summed E-state index contributed by atoms with van der Waals surface area (Å²) in [5, 5.41) is 0. The Morgan fingerprint density at radius 2 is 1.80 bits per heavy atom. The Kier molecular flexibility index (Phi) is 8.34. The lowest BCUT2D eigenvalue weighted by molar-refractivity contribution is -0.105.